The zero-order valence-corrected chi connectivity index (χ0v) is 13.2. The number of aromatic nitrogens is 1. The fraction of sp³-hybridized carbons (Fsp3) is 0.294. The summed E-state index contributed by atoms with van der Waals surface area (Å²) in [6.45, 7) is 1.03. The maximum atomic E-state index is 13.7. The number of carbonyl (C=O) groups is 1. The Kier molecular flexibility index (Phi) is 4.76. The zero-order valence-electron chi connectivity index (χ0n) is 12.4. The maximum Gasteiger partial charge on any atom is 0.256 e. The molecule has 2 aromatic rings. The van der Waals surface area contributed by atoms with Crippen LogP contribution < -0.4 is 4.74 Å². The molecule has 1 saturated heterocycles. The summed E-state index contributed by atoms with van der Waals surface area (Å²) in [5, 5.41) is 0.470. The highest BCUT2D eigenvalue weighted by molar-refractivity contribution is 6.31. The van der Waals surface area contributed by atoms with E-state index in [-0.39, 0.29) is 17.6 Å². The number of rotatable bonds is 3. The Balaban J connectivity index is 1.59. The van der Waals surface area contributed by atoms with E-state index < -0.39 is 5.82 Å². The standard InChI is InChI=1S/C17H16ClFN2O2/c18-14-5-3-9-20-16(14)23-12-7-10-21(11-8-12)17(22)13-4-1-2-6-15(13)19/h1-6,9,12H,7-8,10-11H2. The van der Waals surface area contributed by atoms with Crippen LogP contribution in [0.2, 0.25) is 5.02 Å². The van der Waals surface area contributed by atoms with Crippen LogP contribution in [0.5, 0.6) is 5.88 Å². The number of halogens is 2. The van der Waals surface area contributed by atoms with Crippen LogP contribution in [0.3, 0.4) is 0 Å². The van der Waals surface area contributed by atoms with Crippen molar-refractivity contribution in [2.24, 2.45) is 0 Å². The lowest BCUT2D eigenvalue weighted by Crippen LogP contribution is -2.42. The molecule has 0 atom stereocenters. The van der Waals surface area contributed by atoms with E-state index in [2.05, 4.69) is 4.98 Å². The van der Waals surface area contributed by atoms with E-state index >= 15 is 0 Å². The molecule has 0 radical (unpaired) electrons. The van der Waals surface area contributed by atoms with Gasteiger partial charge in [-0.1, -0.05) is 23.7 Å². The van der Waals surface area contributed by atoms with E-state index in [0.717, 1.165) is 0 Å². The van der Waals surface area contributed by atoms with Gasteiger partial charge in [-0.25, -0.2) is 9.37 Å². The van der Waals surface area contributed by atoms with Crippen molar-refractivity contribution in [3.8, 4) is 5.88 Å². The van der Waals surface area contributed by atoms with Crippen LogP contribution in [-0.4, -0.2) is 35.0 Å². The Morgan fingerprint density at radius 3 is 2.65 bits per heavy atom. The van der Waals surface area contributed by atoms with Gasteiger partial charge in [-0.3, -0.25) is 4.79 Å². The van der Waals surface area contributed by atoms with E-state index in [4.69, 9.17) is 16.3 Å². The Morgan fingerprint density at radius 2 is 1.96 bits per heavy atom. The molecule has 1 amide bonds. The fourth-order valence-corrected chi connectivity index (χ4v) is 2.76. The maximum absolute atomic E-state index is 13.7. The van der Waals surface area contributed by atoms with Gasteiger partial charge in [-0.05, 0) is 24.3 Å². The van der Waals surface area contributed by atoms with Gasteiger partial charge in [0.25, 0.3) is 5.91 Å². The summed E-state index contributed by atoms with van der Waals surface area (Å²) >= 11 is 6.03. The van der Waals surface area contributed by atoms with Gasteiger partial charge < -0.3 is 9.64 Å². The van der Waals surface area contributed by atoms with Gasteiger partial charge in [0.05, 0.1) is 5.56 Å². The Bertz CT molecular complexity index is 702. The van der Waals surface area contributed by atoms with Crippen LogP contribution >= 0.6 is 11.6 Å². The topological polar surface area (TPSA) is 42.4 Å². The minimum atomic E-state index is -0.490. The largest absolute Gasteiger partial charge is 0.473 e. The third kappa shape index (κ3) is 3.62. The average Bonchev–Trinajstić information content (AvgIpc) is 2.57. The Labute approximate surface area is 138 Å². The molecule has 0 N–H and O–H groups in total. The molecule has 120 valence electrons. The summed E-state index contributed by atoms with van der Waals surface area (Å²) in [5.41, 5.74) is 0.111. The molecule has 1 aliphatic heterocycles. The highest BCUT2D eigenvalue weighted by Gasteiger charge is 2.26. The van der Waals surface area contributed by atoms with Gasteiger partial charge in [-0.15, -0.1) is 0 Å². The third-order valence-corrected chi connectivity index (χ3v) is 4.12. The fourth-order valence-electron chi connectivity index (χ4n) is 2.60. The lowest BCUT2D eigenvalue weighted by Gasteiger charge is -2.32. The minimum Gasteiger partial charge on any atom is -0.473 e. The number of likely N-dealkylation sites (tertiary alicyclic amines) is 1. The first-order valence-corrected chi connectivity index (χ1v) is 7.84. The van der Waals surface area contributed by atoms with Gasteiger partial charge in [0, 0.05) is 32.1 Å². The molecule has 23 heavy (non-hydrogen) atoms. The molecule has 2 heterocycles. The zero-order chi connectivity index (χ0) is 16.2. The predicted molar refractivity (Wildman–Crippen MR) is 85.2 cm³/mol. The summed E-state index contributed by atoms with van der Waals surface area (Å²) in [4.78, 5) is 18.1. The second kappa shape index (κ2) is 6.96. The molecule has 0 bridgehead atoms. The van der Waals surface area contributed by atoms with Crippen LogP contribution in [0.1, 0.15) is 23.2 Å². The third-order valence-electron chi connectivity index (χ3n) is 3.84. The number of hydrogen-bond acceptors (Lipinski definition) is 3. The van der Waals surface area contributed by atoms with Crippen LogP contribution in [-0.2, 0) is 0 Å². The molecule has 1 fully saturated rings. The van der Waals surface area contributed by atoms with Crippen molar-refractivity contribution in [1.29, 1.82) is 0 Å². The van der Waals surface area contributed by atoms with E-state index in [9.17, 15) is 9.18 Å². The number of pyridine rings is 1. The molecule has 6 heteroatoms. The molecule has 4 nitrogen and oxygen atoms in total. The van der Waals surface area contributed by atoms with Crippen molar-refractivity contribution >= 4 is 17.5 Å². The first kappa shape index (κ1) is 15.7. The van der Waals surface area contributed by atoms with Crippen molar-refractivity contribution in [3.63, 3.8) is 0 Å². The molecule has 3 rings (SSSR count). The Hall–Kier alpha value is -2.14. The van der Waals surface area contributed by atoms with Gasteiger partial charge in [0.1, 0.15) is 16.9 Å². The molecule has 1 aliphatic rings. The van der Waals surface area contributed by atoms with Gasteiger partial charge >= 0.3 is 0 Å². The smallest absolute Gasteiger partial charge is 0.256 e. The van der Waals surface area contributed by atoms with Crippen LogP contribution in [0.25, 0.3) is 0 Å². The van der Waals surface area contributed by atoms with Crippen molar-refractivity contribution in [3.05, 3.63) is 59.0 Å². The van der Waals surface area contributed by atoms with Crippen molar-refractivity contribution < 1.29 is 13.9 Å². The van der Waals surface area contributed by atoms with E-state index in [1.54, 1.807) is 35.4 Å². The molecular formula is C17H16ClFN2O2. The second-order valence-corrected chi connectivity index (χ2v) is 5.79. The normalized spacial score (nSPS) is 15.5. The van der Waals surface area contributed by atoms with Gasteiger partial charge in [0.2, 0.25) is 5.88 Å². The summed E-state index contributed by atoms with van der Waals surface area (Å²) in [7, 11) is 0. The molecule has 1 aromatic heterocycles. The summed E-state index contributed by atoms with van der Waals surface area (Å²) in [6, 6.07) is 9.50. The molecule has 0 spiro atoms. The summed E-state index contributed by atoms with van der Waals surface area (Å²) in [5.74, 6) is -0.360. The first-order chi connectivity index (χ1) is 11.1. The molecule has 0 aliphatic carbocycles. The lowest BCUT2D eigenvalue weighted by atomic mass is 10.1. The van der Waals surface area contributed by atoms with Crippen molar-refractivity contribution in [2.45, 2.75) is 18.9 Å². The number of carbonyl (C=O) groups excluding carboxylic acids is 1. The number of ether oxygens (including phenoxy) is 1. The van der Waals surface area contributed by atoms with E-state index in [0.29, 0.717) is 36.8 Å². The first-order valence-electron chi connectivity index (χ1n) is 7.46. The van der Waals surface area contributed by atoms with Crippen LogP contribution in [0.4, 0.5) is 4.39 Å². The molecular weight excluding hydrogens is 319 g/mol. The quantitative estimate of drug-likeness (QED) is 0.862. The number of hydrogen-bond donors (Lipinski definition) is 0. The van der Waals surface area contributed by atoms with Crippen molar-refractivity contribution in [1.82, 2.24) is 9.88 Å². The highest BCUT2D eigenvalue weighted by atomic mass is 35.5. The number of benzene rings is 1. The number of amides is 1. The van der Waals surface area contributed by atoms with E-state index in [1.807, 2.05) is 0 Å². The summed E-state index contributed by atoms with van der Waals surface area (Å²) in [6.07, 6.45) is 2.89. The monoisotopic (exact) mass is 334 g/mol. The minimum absolute atomic E-state index is 0.0490. The van der Waals surface area contributed by atoms with Crippen molar-refractivity contribution in [2.75, 3.05) is 13.1 Å². The molecule has 0 saturated carbocycles. The van der Waals surface area contributed by atoms with Gasteiger partial charge in [-0.2, -0.15) is 0 Å². The van der Waals surface area contributed by atoms with E-state index in [1.165, 1.54) is 12.1 Å². The summed E-state index contributed by atoms with van der Waals surface area (Å²) < 4.78 is 19.5. The lowest BCUT2D eigenvalue weighted by molar-refractivity contribution is 0.0584. The average molecular weight is 335 g/mol. The highest BCUT2D eigenvalue weighted by Crippen LogP contribution is 2.25. The van der Waals surface area contributed by atoms with Crippen LogP contribution in [0, 0.1) is 5.82 Å². The SMILES string of the molecule is O=C(c1ccccc1F)N1CCC(Oc2ncccc2Cl)CC1. The molecule has 0 unspecified atom stereocenters. The number of piperidine rings is 1. The van der Waals surface area contributed by atoms with Crippen LogP contribution in [0.15, 0.2) is 42.6 Å². The number of nitrogens with zero attached hydrogens (tertiary/aromatic N) is 2. The Morgan fingerprint density at radius 1 is 1.22 bits per heavy atom. The van der Waals surface area contributed by atoms with Gasteiger partial charge in [0.15, 0.2) is 0 Å². The second-order valence-electron chi connectivity index (χ2n) is 5.38. The molecule has 1 aromatic carbocycles. The predicted octanol–water partition coefficient (Wildman–Crippen LogP) is 3.56.